The number of nitriles is 1. The Labute approximate surface area is 141 Å². The van der Waals surface area contributed by atoms with Crippen molar-refractivity contribution in [2.45, 2.75) is 46.2 Å². The minimum Gasteiger partial charge on any atom is -0.392 e. The lowest BCUT2D eigenvalue weighted by Crippen LogP contribution is -2.53. The van der Waals surface area contributed by atoms with Crippen LogP contribution in [0, 0.1) is 17.2 Å². The highest BCUT2D eigenvalue weighted by molar-refractivity contribution is 5.76. The predicted octanol–water partition coefficient (Wildman–Crippen LogP) is 0.481. The normalized spacial score (nSPS) is 17.0. The van der Waals surface area contributed by atoms with Crippen LogP contribution in [0.3, 0.4) is 0 Å². The summed E-state index contributed by atoms with van der Waals surface area (Å²) in [6.07, 6.45) is 1.41. The molecule has 0 aliphatic carbocycles. The molecule has 1 saturated heterocycles. The SMILES string of the molecule is CCCc1nn(CC(=O)N2CCN(C(C#N)C(C)C)CC2)c(=O)o1. The molecule has 24 heavy (non-hydrogen) atoms. The average Bonchev–Trinajstić information content (AvgIpc) is 2.88. The van der Waals surface area contributed by atoms with Crippen molar-refractivity contribution in [1.82, 2.24) is 19.6 Å². The molecular weight excluding hydrogens is 310 g/mol. The minimum atomic E-state index is -0.588. The average molecular weight is 335 g/mol. The number of carbonyl (C=O) groups is 1. The Bertz CT molecular complexity index is 649. The third-order valence-corrected chi connectivity index (χ3v) is 4.22. The molecule has 1 aliphatic rings. The van der Waals surface area contributed by atoms with E-state index >= 15 is 0 Å². The molecular formula is C16H25N5O3. The fraction of sp³-hybridized carbons (Fsp3) is 0.750. The van der Waals surface area contributed by atoms with Gasteiger partial charge < -0.3 is 9.32 Å². The van der Waals surface area contributed by atoms with E-state index in [0.717, 1.165) is 11.1 Å². The van der Waals surface area contributed by atoms with E-state index in [4.69, 9.17) is 4.42 Å². The van der Waals surface area contributed by atoms with Gasteiger partial charge in [-0.1, -0.05) is 20.8 Å². The van der Waals surface area contributed by atoms with Crippen LogP contribution in [0.5, 0.6) is 0 Å². The Morgan fingerprint density at radius 1 is 1.33 bits per heavy atom. The highest BCUT2D eigenvalue weighted by Gasteiger charge is 2.28. The van der Waals surface area contributed by atoms with Crippen LogP contribution in [0.25, 0.3) is 0 Å². The number of amides is 1. The van der Waals surface area contributed by atoms with Crippen LogP contribution in [-0.4, -0.2) is 57.7 Å². The van der Waals surface area contributed by atoms with Crippen LogP contribution >= 0.6 is 0 Å². The summed E-state index contributed by atoms with van der Waals surface area (Å²) < 4.78 is 6.10. The van der Waals surface area contributed by atoms with Crippen LogP contribution in [0.1, 0.15) is 33.1 Å². The molecule has 1 aromatic heterocycles. The topological polar surface area (TPSA) is 95.4 Å². The highest BCUT2D eigenvalue weighted by Crippen LogP contribution is 2.13. The largest absolute Gasteiger partial charge is 0.437 e. The molecule has 2 rings (SSSR count). The minimum absolute atomic E-state index is 0.0993. The molecule has 0 saturated carbocycles. The fourth-order valence-electron chi connectivity index (χ4n) is 2.89. The van der Waals surface area contributed by atoms with E-state index in [0.29, 0.717) is 38.5 Å². The van der Waals surface area contributed by atoms with Gasteiger partial charge in [-0.3, -0.25) is 9.69 Å². The molecule has 1 aliphatic heterocycles. The number of hydrogen-bond acceptors (Lipinski definition) is 6. The Morgan fingerprint density at radius 3 is 2.54 bits per heavy atom. The number of aromatic nitrogens is 2. The van der Waals surface area contributed by atoms with Gasteiger partial charge in [0, 0.05) is 32.6 Å². The standard InChI is InChI=1S/C16H25N5O3/c1-4-5-14-18-21(16(23)24-14)11-15(22)20-8-6-19(7-9-20)13(10-17)12(2)3/h12-13H,4-9,11H2,1-3H3. The molecule has 1 atom stereocenters. The van der Waals surface area contributed by atoms with E-state index in [1.807, 2.05) is 20.8 Å². The van der Waals surface area contributed by atoms with Crippen molar-refractivity contribution < 1.29 is 9.21 Å². The van der Waals surface area contributed by atoms with E-state index in [1.165, 1.54) is 0 Å². The van der Waals surface area contributed by atoms with E-state index < -0.39 is 5.76 Å². The molecule has 0 spiro atoms. The second-order valence-corrected chi connectivity index (χ2v) is 6.40. The maximum absolute atomic E-state index is 12.4. The van der Waals surface area contributed by atoms with Crippen LogP contribution in [0.2, 0.25) is 0 Å². The zero-order valence-corrected chi connectivity index (χ0v) is 14.6. The number of rotatable bonds is 6. The Morgan fingerprint density at radius 2 is 2.00 bits per heavy atom. The van der Waals surface area contributed by atoms with Gasteiger partial charge in [-0.25, -0.2) is 4.79 Å². The second-order valence-electron chi connectivity index (χ2n) is 6.40. The predicted molar refractivity (Wildman–Crippen MR) is 87.2 cm³/mol. The van der Waals surface area contributed by atoms with Crippen molar-refractivity contribution >= 4 is 5.91 Å². The smallest absolute Gasteiger partial charge is 0.392 e. The molecule has 0 aromatic carbocycles. The van der Waals surface area contributed by atoms with Gasteiger partial charge in [0.05, 0.1) is 6.07 Å². The first-order chi connectivity index (χ1) is 11.5. The van der Waals surface area contributed by atoms with Crippen LogP contribution in [0.4, 0.5) is 0 Å². The molecule has 8 nitrogen and oxygen atoms in total. The molecule has 2 heterocycles. The number of piperazine rings is 1. The monoisotopic (exact) mass is 335 g/mol. The zero-order chi connectivity index (χ0) is 17.7. The van der Waals surface area contributed by atoms with Gasteiger partial charge in [0.15, 0.2) is 0 Å². The van der Waals surface area contributed by atoms with E-state index in [9.17, 15) is 14.9 Å². The molecule has 0 N–H and O–H groups in total. The summed E-state index contributed by atoms with van der Waals surface area (Å²) in [5.74, 6) is -0.113. The summed E-state index contributed by atoms with van der Waals surface area (Å²) in [7, 11) is 0. The van der Waals surface area contributed by atoms with Crippen LogP contribution in [-0.2, 0) is 17.8 Å². The Balaban J connectivity index is 1.91. The highest BCUT2D eigenvalue weighted by atomic mass is 16.4. The Hall–Kier alpha value is -2.14. The Kier molecular flexibility index (Phi) is 6.15. The van der Waals surface area contributed by atoms with Gasteiger partial charge >= 0.3 is 5.76 Å². The molecule has 1 amide bonds. The first-order valence-corrected chi connectivity index (χ1v) is 8.44. The van der Waals surface area contributed by atoms with E-state index in [2.05, 4.69) is 16.1 Å². The summed E-state index contributed by atoms with van der Waals surface area (Å²) in [6, 6.07) is 2.20. The maximum atomic E-state index is 12.4. The first kappa shape index (κ1) is 18.2. The van der Waals surface area contributed by atoms with Crippen molar-refractivity contribution in [2.24, 2.45) is 5.92 Å². The van der Waals surface area contributed by atoms with Crippen molar-refractivity contribution in [3.05, 3.63) is 16.4 Å². The van der Waals surface area contributed by atoms with E-state index in [-0.39, 0.29) is 24.4 Å². The second kappa shape index (κ2) is 8.11. The summed E-state index contributed by atoms with van der Waals surface area (Å²) in [5.41, 5.74) is 0. The number of carbonyl (C=O) groups excluding carboxylic acids is 1. The third kappa shape index (κ3) is 4.23. The van der Waals surface area contributed by atoms with Gasteiger partial charge in [-0.15, -0.1) is 5.10 Å². The fourth-order valence-corrected chi connectivity index (χ4v) is 2.89. The van der Waals surface area contributed by atoms with Crippen molar-refractivity contribution in [1.29, 1.82) is 5.26 Å². The zero-order valence-electron chi connectivity index (χ0n) is 14.6. The summed E-state index contributed by atoms with van der Waals surface area (Å²) >= 11 is 0. The number of hydrogen-bond donors (Lipinski definition) is 0. The number of aryl methyl sites for hydroxylation is 1. The van der Waals surface area contributed by atoms with Gasteiger partial charge in [-0.2, -0.15) is 9.94 Å². The lowest BCUT2D eigenvalue weighted by Gasteiger charge is -2.38. The molecule has 1 fully saturated rings. The lowest BCUT2D eigenvalue weighted by molar-refractivity contribution is -0.134. The number of nitrogens with zero attached hydrogens (tertiary/aromatic N) is 5. The molecule has 0 bridgehead atoms. The lowest BCUT2D eigenvalue weighted by atomic mass is 10.0. The van der Waals surface area contributed by atoms with E-state index in [1.54, 1.807) is 4.90 Å². The first-order valence-electron chi connectivity index (χ1n) is 8.44. The van der Waals surface area contributed by atoms with Gasteiger partial charge in [0.1, 0.15) is 12.6 Å². The maximum Gasteiger partial charge on any atom is 0.437 e. The molecule has 132 valence electrons. The van der Waals surface area contributed by atoms with Gasteiger partial charge in [0.25, 0.3) is 0 Å². The van der Waals surface area contributed by atoms with Crippen molar-refractivity contribution in [3.8, 4) is 6.07 Å². The van der Waals surface area contributed by atoms with Crippen molar-refractivity contribution in [3.63, 3.8) is 0 Å². The van der Waals surface area contributed by atoms with Gasteiger partial charge in [0.2, 0.25) is 11.8 Å². The van der Waals surface area contributed by atoms with Crippen LogP contribution < -0.4 is 5.76 Å². The summed E-state index contributed by atoms with van der Waals surface area (Å²) in [5, 5.41) is 13.3. The van der Waals surface area contributed by atoms with Crippen LogP contribution in [0.15, 0.2) is 9.21 Å². The quantitative estimate of drug-likeness (QED) is 0.750. The summed E-state index contributed by atoms with van der Waals surface area (Å²) in [6.45, 7) is 8.35. The third-order valence-electron chi connectivity index (χ3n) is 4.22. The molecule has 0 radical (unpaired) electrons. The molecule has 8 heteroatoms. The summed E-state index contributed by atoms with van der Waals surface area (Å²) in [4.78, 5) is 27.9. The van der Waals surface area contributed by atoms with Crippen molar-refractivity contribution in [2.75, 3.05) is 26.2 Å². The van der Waals surface area contributed by atoms with Gasteiger partial charge in [-0.05, 0) is 12.3 Å². The molecule has 1 unspecified atom stereocenters. The molecule has 1 aromatic rings.